The summed E-state index contributed by atoms with van der Waals surface area (Å²) in [7, 11) is 0. The number of benzene rings is 1. The first-order valence-corrected chi connectivity index (χ1v) is 4.53. The van der Waals surface area contributed by atoms with Crippen LogP contribution in [0.4, 0.5) is 4.39 Å². The van der Waals surface area contributed by atoms with Gasteiger partial charge in [0.2, 0.25) is 5.88 Å². The van der Waals surface area contributed by atoms with Gasteiger partial charge in [0.25, 0.3) is 0 Å². The van der Waals surface area contributed by atoms with Crippen LogP contribution in [0.15, 0.2) is 36.7 Å². The molecule has 0 aliphatic heterocycles. The summed E-state index contributed by atoms with van der Waals surface area (Å²) in [6.07, 6.45) is 1.27. The van der Waals surface area contributed by atoms with Gasteiger partial charge in [-0.3, -0.25) is 0 Å². The summed E-state index contributed by atoms with van der Waals surface area (Å²) in [6, 6.07) is 7.22. The van der Waals surface area contributed by atoms with Gasteiger partial charge >= 0.3 is 0 Å². The van der Waals surface area contributed by atoms with E-state index < -0.39 is 0 Å². The van der Waals surface area contributed by atoms with E-state index in [1.54, 1.807) is 12.1 Å². The zero-order valence-corrected chi connectivity index (χ0v) is 8.28. The van der Waals surface area contributed by atoms with Crippen LogP contribution in [0.3, 0.4) is 0 Å². The number of rotatable bonds is 2. The molecular formula is C10H6ClFN2O. The average Bonchev–Trinajstić information content (AvgIpc) is 2.17. The SMILES string of the molecule is Fc1cccc(Oc2cc(Cl)ncn2)c1. The second-order valence-corrected chi connectivity index (χ2v) is 3.13. The van der Waals surface area contributed by atoms with Crippen LogP contribution in [-0.2, 0) is 0 Å². The lowest BCUT2D eigenvalue weighted by molar-refractivity contribution is 0.457. The van der Waals surface area contributed by atoms with E-state index in [-0.39, 0.29) is 16.9 Å². The molecule has 1 aromatic heterocycles. The van der Waals surface area contributed by atoms with E-state index in [2.05, 4.69) is 9.97 Å². The van der Waals surface area contributed by atoms with Gasteiger partial charge in [0, 0.05) is 12.1 Å². The number of halogens is 2. The molecule has 5 heteroatoms. The fraction of sp³-hybridized carbons (Fsp3) is 0. The lowest BCUT2D eigenvalue weighted by atomic mass is 10.3. The first-order chi connectivity index (χ1) is 7.24. The third-order valence-electron chi connectivity index (χ3n) is 1.63. The molecule has 2 aromatic rings. The Labute approximate surface area is 90.5 Å². The molecule has 0 saturated heterocycles. The predicted molar refractivity (Wildman–Crippen MR) is 53.5 cm³/mol. The summed E-state index contributed by atoms with van der Waals surface area (Å²) in [5.74, 6) is 0.276. The molecule has 0 saturated carbocycles. The van der Waals surface area contributed by atoms with Crippen LogP contribution >= 0.6 is 11.6 Å². The van der Waals surface area contributed by atoms with Crippen LogP contribution < -0.4 is 4.74 Å². The molecule has 0 fully saturated rings. The van der Waals surface area contributed by atoms with Crippen molar-refractivity contribution in [1.29, 1.82) is 0 Å². The molecule has 1 heterocycles. The van der Waals surface area contributed by atoms with Crippen LogP contribution in [0, 0.1) is 5.82 Å². The molecule has 0 bridgehead atoms. The number of ether oxygens (including phenoxy) is 1. The molecular weight excluding hydrogens is 219 g/mol. The van der Waals surface area contributed by atoms with Gasteiger partial charge in [0.1, 0.15) is 23.0 Å². The summed E-state index contributed by atoms with van der Waals surface area (Å²) >= 11 is 5.64. The molecule has 1 aromatic carbocycles. The van der Waals surface area contributed by atoms with Crippen molar-refractivity contribution in [3.05, 3.63) is 47.6 Å². The maximum Gasteiger partial charge on any atom is 0.223 e. The van der Waals surface area contributed by atoms with Gasteiger partial charge < -0.3 is 4.74 Å². The highest BCUT2D eigenvalue weighted by Crippen LogP contribution is 2.20. The molecule has 0 N–H and O–H groups in total. The third-order valence-corrected chi connectivity index (χ3v) is 1.83. The van der Waals surface area contributed by atoms with E-state index in [1.165, 1.54) is 24.5 Å². The molecule has 0 amide bonds. The maximum absolute atomic E-state index is 12.8. The largest absolute Gasteiger partial charge is 0.439 e. The highest BCUT2D eigenvalue weighted by atomic mass is 35.5. The van der Waals surface area contributed by atoms with Gasteiger partial charge in [-0.15, -0.1) is 0 Å². The van der Waals surface area contributed by atoms with Crippen LogP contribution in [0.5, 0.6) is 11.6 Å². The van der Waals surface area contributed by atoms with Crippen LogP contribution in [0.2, 0.25) is 5.15 Å². The Balaban J connectivity index is 2.22. The van der Waals surface area contributed by atoms with Gasteiger partial charge in [0.05, 0.1) is 0 Å². The van der Waals surface area contributed by atoms with E-state index in [1.807, 2.05) is 0 Å². The Kier molecular flexibility index (Phi) is 2.78. The van der Waals surface area contributed by atoms with Crippen molar-refractivity contribution in [2.24, 2.45) is 0 Å². The van der Waals surface area contributed by atoms with Crippen molar-refractivity contribution < 1.29 is 9.13 Å². The Bertz CT molecular complexity index is 435. The molecule has 0 spiro atoms. The van der Waals surface area contributed by atoms with Crippen molar-refractivity contribution >= 4 is 11.6 Å². The number of hydrogen-bond acceptors (Lipinski definition) is 3. The van der Waals surface area contributed by atoms with E-state index in [9.17, 15) is 4.39 Å². The number of aromatic nitrogens is 2. The van der Waals surface area contributed by atoms with Crippen LogP contribution in [0.25, 0.3) is 0 Å². The monoisotopic (exact) mass is 224 g/mol. The predicted octanol–water partition coefficient (Wildman–Crippen LogP) is 3.06. The fourth-order valence-electron chi connectivity index (χ4n) is 1.02. The molecule has 0 aliphatic rings. The summed E-state index contributed by atoms with van der Waals surface area (Å²) in [5, 5.41) is 0.274. The van der Waals surface area contributed by atoms with E-state index in [4.69, 9.17) is 16.3 Å². The zero-order valence-electron chi connectivity index (χ0n) is 7.52. The lowest BCUT2D eigenvalue weighted by Crippen LogP contribution is -1.89. The number of nitrogens with zero attached hydrogens (tertiary/aromatic N) is 2. The molecule has 0 aliphatic carbocycles. The van der Waals surface area contributed by atoms with Crippen molar-refractivity contribution in [1.82, 2.24) is 9.97 Å². The molecule has 15 heavy (non-hydrogen) atoms. The molecule has 76 valence electrons. The third kappa shape index (κ3) is 2.63. The maximum atomic E-state index is 12.8. The standard InChI is InChI=1S/C10H6ClFN2O/c11-9-5-10(14-6-13-9)15-8-3-1-2-7(12)4-8/h1-6H. The lowest BCUT2D eigenvalue weighted by Gasteiger charge is -2.03. The van der Waals surface area contributed by atoms with Crippen molar-refractivity contribution in [2.75, 3.05) is 0 Å². The summed E-state index contributed by atoms with van der Waals surface area (Å²) in [6.45, 7) is 0. The van der Waals surface area contributed by atoms with Gasteiger partial charge in [-0.1, -0.05) is 17.7 Å². The highest BCUT2D eigenvalue weighted by molar-refractivity contribution is 6.29. The minimum atomic E-state index is -0.368. The van der Waals surface area contributed by atoms with Crippen LogP contribution in [-0.4, -0.2) is 9.97 Å². The van der Waals surface area contributed by atoms with E-state index in [0.717, 1.165) is 0 Å². The van der Waals surface area contributed by atoms with Gasteiger partial charge in [0.15, 0.2) is 0 Å². The minimum absolute atomic E-state index is 0.274. The highest BCUT2D eigenvalue weighted by Gasteiger charge is 2.00. The molecule has 2 rings (SSSR count). The first kappa shape index (κ1) is 9.86. The Hall–Kier alpha value is -1.68. The van der Waals surface area contributed by atoms with Crippen molar-refractivity contribution in [3.8, 4) is 11.6 Å². The summed E-state index contributed by atoms with van der Waals surface area (Å²) in [4.78, 5) is 7.52. The second kappa shape index (κ2) is 4.23. The average molecular weight is 225 g/mol. The summed E-state index contributed by atoms with van der Waals surface area (Å²) in [5.41, 5.74) is 0. The van der Waals surface area contributed by atoms with Gasteiger partial charge in [-0.2, -0.15) is 0 Å². The Morgan fingerprint density at radius 1 is 1.20 bits per heavy atom. The molecule has 0 radical (unpaired) electrons. The van der Waals surface area contributed by atoms with Crippen molar-refractivity contribution in [2.45, 2.75) is 0 Å². The van der Waals surface area contributed by atoms with Gasteiger partial charge in [-0.25, -0.2) is 14.4 Å². The Morgan fingerprint density at radius 3 is 2.80 bits per heavy atom. The van der Waals surface area contributed by atoms with Crippen LogP contribution in [0.1, 0.15) is 0 Å². The normalized spacial score (nSPS) is 10.0. The quantitative estimate of drug-likeness (QED) is 0.736. The summed E-state index contributed by atoms with van der Waals surface area (Å²) < 4.78 is 18.1. The number of hydrogen-bond donors (Lipinski definition) is 0. The second-order valence-electron chi connectivity index (χ2n) is 2.74. The smallest absolute Gasteiger partial charge is 0.223 e. The fourth-order valence-corrected chi connectivity index (χ4v) is 1.16. The topological polar surface area (TPSA) is 35.0 Å². The molecule has 3 nitrogen and oxygen atoms in total. The van der Waals surface area contributed by atoms with Gasteiger partial charge in [-0.05, 0) is 12.1 Å². The zero-order chi connectivity index (χ0) is 10.7. The van der Waals surface area contributed by atoms with E-state index >= 15 is 0 Å². The molecule has 0 unspecified atom stereocenters. The minimum Gasteiger partial charge on any atom is -0.439 e. The van der Waals surface area contributed by atoms with E-state index in [0.29, 0.717) is 5.75 Å². The first-order valence-electron chi connectivity index (χ1n) is 4.15. The molecule has 0 atom stereocenters. The Morgan fingerprint density at radius 2 is 2.07 bits per heavy atom. The van der Waals surface area contributed by atoms with Crippen molar-refractivity contribution in [3.63, 3.8) is 0 Å².